The molecule has 14 nitrogen and oxygen atoms in total. The van der Waals surface area contributed by atoms with Gasteiger partial charge in [-0.1, -0.05) is 91.4 Å². The number of nitrogens with one attached hydrogen (secondary N) is 3. The Kier molecular flexibility index (Phi) is 34.1. The number of hydrogen-bond acceptors (Lipinski definition) is 9. The van der Waals surface area contributed by atoms with Gasteiger partial charge in [0.15, 0.2) is 17.5 Å². The summed E-state index contributed by atoms with van der Waals surface area (Å²) in [6, 6.07) is -2.39. The lowest BCUT2D eigenvalue weighted by Gasteiger charge is -2.26. The van der Waals surface area contributed by atoms with Gasteiger partial charge in [0.2, 0.25) is 17.7 Å². The molecule has 0 saturated heterocycles. The van der Waals surface area contributed by atoms with E-state index in [4.69, 9.17) is 28.0 Å². The number of amides is 3. The third-order valence-electron chi connectivity index (χ3n) is 10.4. The van der Waals surface area contributed by atoms with Gasteiger partial charge in [-0.3, -0.25) is 29.0 Å². The van der Waals surface area contributed by atoms with Crippen LogP contribution in [0.1, 0.15) is 181 Å². The van der Waals surface area contributed by atoms with Crippen molar-refractivity contribution in [3.05, 3.63) is 0 Å². The van der Waals surface area contributed by atoms with Crippen LogP contribution >= 0.6 is 0 Å². The van der Waals surface area contributed by atoms with Crippen molar-refractivity contribution in [2.24, 2.45) is 39.8 Å². The number of nitrogens with two attached hydrogens (primary N) is 4. The minimum Gasteiger partial charge on any atom is -0.396 e. The molecular weight excluding hydrogens is 725 g/mol. The van der Waals surface area contributed by atoms with Gasteiger partial charge in [0.05, 0.1) is 12.1 Å². The zero-order valence-corrected chi connectivity index (χ0v) is 36.1. The van der Waals surface area contributed by atoms with Crippen LogP contribution in [0.3, 0.4) is 0 Å². The normalized spacial score (nSPS) is 13.4. The Balaban J connectivity index is 5.38. The van der Waals surface area contributed by atoms with E-state index in [0.29, 0.717) is 90.4 Å². The van der Waals surface area contributed by atoms with Crippen LogP contribution in [0.5, 0.6) is 0 Å². The summed E-state index contributed by atoms with van der Waals surface area (Å²) in [5, 5.41) is 17.6. The minimum atomic E-state index is -0.857. The third-order valence-corrected chi connectivity index (χ3v) is 10.4. The number of ketones is 2. The Morgan fingerprint density at radius 1 is 0.579 bits per heavy atom. The van der Waals surface area contributed by atoms with Crippen LogP contribution in [0, 0.1) is 11.8 Å². The molecule has 0 aromatic rings. The number of carbonyl (C=O) groups is 5. The molecule has 0 aliphatic rings. The van der Waals surface area contributed by atoms with Crippen molar-refractivity contribution in [1.29, 1.82) is 0 Å². The highest BCUT2D eigenvalue weighted by Gasteiger charge is 2.31. The predicted molar refractivity (Wildman–Crippen MR) is 231 cm³/mol. The number of aliphatic hydroxyl groups is 1. The zero-order chi connectivity index (χ0) is 42.7. The summed E-state index contributed by atoms with van der Waals surface area (Å²) in [5.74, 6) is -2.01. The van der Waals surface area contributed by atoms with Gasteiger partial charge in [-0.25, -0.2) is 0 Å². The van der Waals surface area contributed by atoms with Crippen LogP contribution < -0.4 is 38.9 Å². The molecule has 0 radical (unpaired) electrons. The second kappa shape index (κ2) is 36.0. The fraction of sp³-hybridized carbons (Fsp3) is 0.860. The minimum absolute atomic E-state index is 0.0402. The van der Waals surface area contributed by atoms with Gasteiger partial charge in [0.1, 0.15) is 6.04 Å². The average Bonchev–Trinajstić information content (AvgIpc) is 3.17. The number of Topliss-reactive ketones (excluding diaryl/α,β-unsaturated/α-hetero) is 2. The van der Waals surface area contributed by atoms with E-state index >= 15 is 0 Å². The molecule has 14 heteroatoms. The summed E-state index contributed by atoms with van der Waals surface area (Å²) >= 11 is 0. The van der Waals surface area contributed by atoms with Crippen LogP contribution in [0.4, 0.5) is 0 Å². The summed E-state index contributed by atoms with van der Waals surface area (Å²) in [7, 11) is 0. The summed E-state index contributed by atoms with van der Waals surface area (Å²) in [4.78, 5) is 71.1. The lowest BCUT2D eigenvalue weighted by atomic mass is 9.88. The zero-order valence-electron chi connectivity index (χ0n) is 36.1. The maximum atomic E-state index is 13.9. The van der Waals surface area contributed by atoms with Crippen molar-refractivity contribution in [2.75, 3.05) is 26.2 Å². The Bertz CT molecular complexity index is 1120. The summed E-state index contributed by atoms with van der Waals surface area (Å²) in [6.07, 6.45) is 19.8. The third kappa shape index (κ3) is 29.7. The summed E-state index contributed by atoms with van der Waals surface area (Å²) < 4.78 is 0. The molecule has 57 heavy (non-hydrogen) atoms. The molecule has 332 valence electrons. The summed E-state index contributed by atoms with van der Waals surface area (Å²) in [6.45, 7) is 7.20. The van der Waals surface area contributed by atoms with E-state index in [1.54, 1.807) is 6.92 Å². The first-order valence-electron chi connectivity index (χ1n) is 22.4. The van der Waals surface area contributed by atoms with Crippen molar-refractivity contribution in [3.63, 3.8) is 0 Å². The maximum absolute atomic E-state index is 13.9. The number of guanidine groups is 1. The van der Waals surface area contributed by atoms with Crippen LogP contribution in [-0.4, -0.2) is 84.7 Å². The molecule has 0 aliphatic heterocycles. The van der Waals surface area contributed by atoms with Gasteiger partial charge in [0, 0.05) is 38.3 Å². The largest absolute Gasteiger partial charge is 0.396 e. The highest BCUT2D eigenvalue weighted by Crippen LogP contribution is 2.20. The van der Waals surface area contributed by atoms with Gasteiger partial charge < -0.3 is 44.0 Å². The van der Waals surface area contributed by atoms with Gasteiger partial charge in [-0.15, -0.1) is 0 Å². The SMILES string of the molecule is CCC(=O)[C@H](CCCN=C(N)N)NC(=O)[C@@H](CC(=O)[C@H](CCCCN)NC(=O)[C@H](CCCCN)NC(=O)CCCCCCCCCCCCCCCO)CC(C)C. The van der Waals surface area contributed by atoms with Gasteiger partial charge in [-0.05, 0) is 89.6 Å². The highest BCUT2D eigenvalue weighted by atomic mass is 16.3. The number of aliphatic imine (C=N–C) groups is 1. The number of nitrogens with zero attached hydrogens (tertiary/aromatic N) is 1. The van der Waals surface area contributed by atoms with Crippen molar-refractivity contribution >= 4 is 35.2 Å². The van der Waals surface area contributed by atoms with Crippen molar-refractivity contribution in [1.82, 2.24) is 16.0 Å². The molecule has 0 aromatic carbocycles. The monoisotopic (exact) mass is 809 g/mol. The molecule has 12 N–H and O–H groups in total. The molecular formula is C43H84N8O6. The standard InChI is InChI=1S/C43H84N8O6/c1-4-38(53)35(25-22-29-48-43(46)47)50-41(56)34(31-33(2)3)32-39(54)36(23-17-19-27-44)51-42(57)37(24-18-20-28-45)49-40(55)26-16-14-12-10-8-6-5-7-9-11-13-15-21-30-52/h33-37,52H,4-32,44-45H2,1-3H3,(H,49,55)(H,50,56)(H,51,57)(H4,46,47,48)/t34-,35+,36+,37+/m1/s1. The van der Waals surface area contributed by atoms with Crippen LogP contribution in [0.15, 0.2) is 4.99 Å². The topological polar surface area (TPSA) is 258 Å². The molecule has 0 heterocycles. The second-order valence-corrected chi connectivity index (χ2v) is 16.1. The maximum Gasteiger partial charge on any atom is 0.243 e. The van der Waals surface area contributed by atoms with Gasteiger partial charge in [-0.2, -0.15) is 0 Å². The first kappa shape index (κ1) is 53.9. The van der Waals surface area contributed by atoms with Gasteiger partial charge >= 0.3 is 0 Å². The first-order valence-corrected chi connectivity index (χ1v) is 22.4. The molecule has 4 atom stereocenters. The second-order valence-electron chi connectivity index (χ2n) is 16.1. The van der Waals surface area contributed by atoms with Crippen LogP contribution in [-0.2, 0) is 24.0 Å². The van der Waals surface area contributed by atoms with E-state index in [1.165, 1.54) is 44.9 Å². The Morgan fingerprint density at radius 3 is 1.54 bits per heavy atom. The van der Waals surface area contributed by atoms with Crippen LogP contribution in [0.25, 0.3) is 0 Å². The Morgan fingerprint density at radius 2 is 1.05 bits per heavy atom. The molecule has 0 fully saturated rings. The molecule has 0 aliphatic carbocycles. The Hall–Kier alpha value is -3.10. The quantitative estimate of drug-likeness (QED) is 0.0239. The molecule has 0 bridgehead atoms. The lowest BCUT2D eigenvalue weighted by molar-refractivity contribution is -0.135. The van der Waals surface area contributed by atoms with Crippen LogP contribution in [0.2, 0.25) is 0 Å². The molecule has 0 aromatic heterocycles. The molecule has 0 rings (SSSR count). The smallest absolute Gasteiger partial charge is 0.243 e. The van der Waals surface area contributed by atoms with Crippen molar-refractivity contribution < 1.29 is 29.1 Å². The molecule has 0 unspecified atom stereocenters. The number of carbonyl (C=O) groups excluding carboxylic acids is 5. The summed E-state index contributed by atoms with van der Waals surface area (Å²) in [5.41, 5.74) is 22.3. The first-order chi connectivity index (χ1) is 27.4. The van der Waals surface area contributed by atoms with E-state index in [1.807, 2.05) is 13.8 Å². The fourth-order valence-corrected chi connectivity index (χ4v) is 7.04. The highest BCUT2D eigenvalue weighted by molar-refractivity contribution is 5.95. The number of rotatable bonds is 39. The number of unbranched alkanes of at least 4 members (excludes halogenated alkanes) is 14. The molecule has 0 saturated carbocycles. The lowest BCUT2D eigenvalue weighted by Crippen LogP contribution is -2.52. The van der Waals surface area contributed by atoms with Crippen molar-refractivity contribution in [2.45, 2.75) is 199 Å². The number of hydrogen-bond donors (Lipinski definition) is 8. The van der Waals surface area contributed by atoms with E-state index in [9.17, 15) is 24.0 Å². The van der Waals surface area contributed by atoms with E-state index < -0.39 is 30.0 Å². The van der Waals surface area contributed by atoms with Gasteiger partial charge in [0.25, 0.3) is 0 Å². The number of aliphatic hydroxyl groups excluding tert-OH is 1. The average molecular weight is 809 g/mol. The van der Waals surface area contributed by atoms with Crippen molar-refractivity contribution in [3.8, 4) is 0 Å². The molecule has 0 spiro atoms. The Labute approximate surface area is 345 Å². The van der Waals surface area contributed by atoms with E-state index in [-0.39, 0.29) is 48.1 Å². The van der Waals surface area contributed by atoms with E-state index in [2.05, 4.69) is 20.9 Å². The van der Waals surface area contributed by atoms with E-state index in [0.717, 1.165) is 38.5 Å². The fourth-order valence-electron chi connectivity index (χ4n) is 7.04. The predicted octanol–water partition coefficient (Wildman–Crippen LogP) is 4.81. The molecule has 3 amide bonds.